The monoisotopic (exact) mass is 287 g/mol. The van der Waals surface area contributed by atoms with Gasteiger partial charge in [0.1, 0.15) is 0 Å². The van der Waals surface area contributed by atoms with E-state index >= 15 is 0 Å². The van der Waals surface area contributed by atoms with Crippen LogP contribution in [-0.2, 0) is 6.42 Å². The topological polar surface area (TPSA) is 57.7 Å². The fraction of sp³-hybridized carbons (Fsp3) is 0.688. The fourth-order valence-electron chi connectivity index (χ4n) is 3.42. The van der Waals surface area contributed by atoms with Gasteiger partial charge >= 0.3 is 0 Å². The summed E-state index contributed by atoms with van der Waals surface area (Å²) in [6, 6.07) is 0. The molecule has 0 aromatic carbocycles. The lowest BCUT2D eigenvalue weighted by Gasteiger charge is -2.34. The van der Waals surface area contributed by atoms with Crippen LogP contribution in [0.2, 0.25) is 0 Å². The first kappa shape index (κ1) is 14.3. The number of tetrazole rings is 1. The number of H-pyrrole nitrogens is 1. The van der Waals surface area contributed by atoms with E-state index in [-0.39, 0.29) is 0 Å². The molecule has 1 aliphatic heterocycles. The normalized spacial score (nSPS) is 19.9. The number of nitrogens with one attached hydrogen (secondary N) is 1. The Labute approximate surface area is 126 Å². The predicted octanol–water partition coefficient (Wildman–Crippen LogP) is 3.00. The lowest BCUT2D eigenvalue weighted by molar-refractivity contribution is 0.280. The van der Waals surface area contributed by atoms with Gasteiger partial charge in [-0.2, -0.15) is 5.21 Å². The first-order chi connectivity index (χ1) is 10.4. The zero-order valence-corrected chi connectivity index (χ0v) is 12.7. The number of allylic oxidation sites excluding steroid dienone is 4. The van der Waals surface area contributed by atoms with Crippen LogP contribution >= 0.6 is 0 Å². The molecule has 1 N–H and O–H groups in total. The quantitative estimate of drug-likeness (QED) is 0.865. The van der Waals surface area contributed by atoms with Crippen molar-refractivity contribution in [1.29, 1.82) is 0 Å². The summed E-state index contributed by atoms with van der Waals surface area (Å²) < 4.78 is 0. The van der Waals surface area contributed by atoms with Gasteiger partial charge in [-0.1, -0.05) is 22.9 Å². The van der Waals surface area contributed by atoms with Crippen molar-refractivity contribution in [3.8, 4) is 0 Å². The highest BCUT2D eigenvalue weighted by Crippen LogP contribution is 2.30. The van der Waals surface area contributed by atoms with Gasteiger partial charge in [-0.25, -0.2) is 0 Å². The van der Waals surface area contributed by atoms with Crippen molar-refractivity contribution < 1.29 is 0 Å². The fourth-order valence-corrected chi connectivity index (χ4v) is 3.42. The van der Waals surface area contributed by atoms with Gasteiger partial charge in [-0.05, 0) is 51.4 Å². The zero-order chi connectivity index (χ0) is 14.3. The molecular formula is C16H25N5. The van der Waals surface area contributed by atoms with Gasteiger partial charge in [0.05, 0.1) is 0 Å². The van der Waals surface area contributed by atoms with Crippen LogP contribution in [0.3, 0.4) is 0 Å². The van der Waals surface area contributed by atoms with Gasteiger partial charge in [0.2, 0.25) is 0 Å². The van der Waals surface area contributed by atoms with E-state index in [0.717, 1.165) is 25.2 Å². The molecule has 2 aliphatic rings. The van der Waals surface area contributed by atoms with Crippen molar-refractivity contribution in [3.05, 3.63) is 29.2 Å². The Hall–Kier alpha value is -1.65. The minimum absolute atomic E-state index is 0.833. The van der Waals surface area contributed by atoms with E-state index in [9.17, 15) is 0 Å². The van der Waals surface area contributed by atoms with Gasteiger partial charge < -0.3 is 4.90 Å². The van der Waals surface area contributed by atoms with Crippen LogP contribution in [0.1, 0.15) is 57.2 Å². The number of hydrogen-bond acceptors (Lipinski definition) is 4. The maximum absolute atomic E-state index is 4.03. The summed E-state index contributed by atoms with van der Waals surface area (Å²) in [5.74, 6) is 0.833. The second-order valence-electron chi connectivity index (χ2n) is 5.97. The van der Waals surface area contributed by atoms with Crippen molar-refractivity contribution in [2.45, 2.75) is 57.8 Å². The Morgan fingerprint density at radius 2 is 1.95 bits per heavy atom. The van der Waals surface area contributed by atoms with Crippen molar-refractivity contribution in [2.75, 3.05) is 13.1 Å². The second kappa shape index (κ2) is 7.38. The van der Waals surface area contributed by atoms with Crippen LogP contribution in [0.4, 0.5) is 0 Å². The molecule has 1 aliphatic carbocycles. The third-order valence-electron chi connectivity index (χ3n) is 4.49. The molecule has 21 heavy (non-hydrogen) atoms. The van der Waals surface area contributed by atoms with E-state index in [0.29, 0.717) is 0 Å². The van der Waals surface area contributed by atoms with Crippen molar-refractivity contribution in [3.63, 3.8) is 0 Å². The van der Waals surface area contributed by atoms with E-state index in [2.05, 4.69) is 37.7 Å². The number of hydrogen-bond donors (Lipinski definition) is 1. The molecule has 0 amide bonds. The highest BCUT2D eigenvalue weighted by Gasteiger charge is 2.18. The third kappa shape index (κ3) is 3.93. The number of nitrogens with zero attached hydrogens (tertiary/aromatic N) is 4. The lowest BCUT2D eigenvalue weighted by atomic mass is 9.97. The Bertz CT molecular complexity index is 477. The molecule has 0 bridgehead atoms. The van der Waals surface area contributed by atoms with Gasteiger partial charge in [-0.3, -0.25) is 0 Å². The summed E-state index contributed by atoms with van der Waals surface area (Å²) in [5, 5.41) is 14.2. The summed E-state index contributed by atoms with van der Waals surface area (Å²) >= 11 is 0. The second-order valence-corrected chi connectivity index (χ2v) is 5.97. The van der Waals surface area contributed by atoms with Gasteiger partial charge in [-0.15, -0.1) is 10.2 Å². The standard InChI is InChI=1S/C16H25N5/c1-2-4-9-14(8-3-1)15-10-5-6-12-21(15)13-7-11-16-17-19-20-18-16/h1-2H,3-13H2,(H,17,18,19,20). The van der Waals surface area contributed by atoms with Gasteiger partial charge in [0.25, 0.3) is 0 Å². The van der Waals surface area contributed by atoms with E-state index in [1.807, 2.05) is 0 Å². The first-order valence-corrected chi connectivity index (χ1v) is 8.26. The summed E-state index contributed by atoms with van der Waals surface area (Å²) in [4.78, 5) is 2.63. The molecule has 5 nitrogen and oxygen atoms in total. The molecule has 0 saturated carbocycles. The highest BCUT2D eigenvalue weighted by atomic mass is 15.5. The molecular weight excluding hydrogens is 262 g/mol. The smallest absolute Gasteiger partial charge is 0.174 e. The number of aromatic amines is 1. The Morgan fingerprint density at radius 3 is 2.71 bits per heavy atom. The molecule has 0 radical (unpaired) electrons. The minimum Gasteiger partial charge on any atom is -0.375 e. The van der Waals surface area contributed by atoms with Gasteiger partial charge in [0, 0.05) is 25.2 Å². The number of aryl methyl sites for hydroxylation is 1. The van der Waals surface area contributed by atoms with Crippen molar-refractivity contribution >= 4 is 0 Å². The predicted molar refractivity (Wildman–Crippen MR) is 82.6 cm³/mol. The molecule has 2 heterocycles. The summed E-state index contributed by atoms with van der Waals surface area (Å²) in [6.45, 7) is 2.35. The summed E-state index contributed by atoms with van der Waals surface area (Å²) in [5.41, 5.74) is 3.36. The molecule has 114 valence electrons. The molecule has 0 atom stereocenters. The van der Waals surface area contributed by atoms with Crippen LogP contribution in [0.25, 0.3) is 0 Å². The first-order valence-electron chi connectivity index (χ1n) is 8.26. The van der Waals surface area contributed by atoms with Crippen LogP contribution < -0.4 is 0 Å². The summed E-state index contributed by atoms with van der Waals surface area (Å²) in [6.07, 6.45) is 15.6. The van der Waals surface area contributed by atoms with E-state index in [4.69, 9.17) is 0 Å². The largest absolute Gasteiger partial charge is 0.375 e. The number of piperidine rings is 1. The molecule has 1 aromatic heterocycles. The van der Waals surface area contributed by atoms with Crippen LogP contribution in [0.15, 0.2) is 23.4 Å². The minimum atomic E-state index is 0.833. The van der Waals surface area contributed by atoms with E-state index in [1.54, 1.807) is 11.3 Å². The molecule has 0 spiro atoms. The molecule has 0 unspecified atom stereocenters. The molecule has 5 heteroatoms. The van der Waals surface area contributed by atoms with Crippen molar-refractivity contribution in [2.24, 2.45) is 0 Å². The van der Waals surface area contributed by atoms with E-state index < -0.39 is 0 Å². The van der Waals surface area contributed by atoms with E-state index in [1.165, 1.54) is 51.5 Å². The number of aromatic nitrogens is 4. The third-order valence-corrected chi connectivity index (χ3v) is 4.49. The highest BCUT2D eigenvalue weighted by molar-refractivity contribution is 5.18. The van der Waals surface area contributed by atoms with Crippen LogP contribution in [0.5, 0.6) is 0 Å². The average molecular weight is 287 g/mol. The Balaban J connectivity index is 1.59. The SMILES string of the molecule is C1=CCCC(=C2CCCCN2CCCc2nn[nH]n2)CC1. The molecule has 1 fully saturated rings. The summed E-state index contributed by atoms with van der Waals surface area (Å²) in [7, 11) is 0. The molecule has 1 aromatic rings. The number of likely N-dealkylation sites (tertiary alicyclic amines) is 1. The number of rotatable bonds is 4. The van der Waals surface area contributed by atoms with Gasteiger partial charge in [0.15, 0.2) is 5.82 Å². The molecule has 1 saturated heterocycles. The lowest BCUT2D eigenvalue weighted by Crippen LogP contribution is -2.30. The Morgan fingerprint density at radius 1 is 1.10 bits per heavy atom. The average Bonchev–Trinajstić information content (AvgIpc) is 2.88. The molecule has 3 rings (SSSR count). The zero-order valence-electron chi connectivity index (χ0n) is 12.7. The van der Waals surface area contributed by atoms with Crippen molar-refractivity contribution in [1.82, 2.24) is 25.5 Å². The Kier molecular flexibility index (Phi) is 5.03. The maximum Gasteiger partial charge on any atom is 0.174 e. The van der Waals surface area contributed by atoms with Crippen LogP contribution in [0, 0.1) is 0 Å². The maximum atomic E-state index is 4.03. The van der Waals surface area contributed by atoms with Crippen LogP contribution in [-0.4, -0.2) is 38.6 Å².